The number of carbonyl (C=O) groups excluding carboxylic acids is 1. The Labute approximate surface area is 119 Å². The Morgan fingerprint density at radius 2 is 1.42 bits per heavy atom. The van der Waals surface area contributed by atoms with Gasteiger partial charge in [-0.3, -0.25) is 4.79 Å². The van der Waals surface area contributed by atoms with Crippen LogP contribution in [0.4, 0.5) is 0 Å². The molecule has 0 aromatic heterocycles. The fourth-order valence-electron chi connectivity index (χ4n) is 1.50. The van der Waals surface area contributed by atoms with E-state index in [1.807, 2.05) is 85.8 Å². The number of amides is 1. The highest BCUT2D eigenvalue weighted by atomic mass is 16.2. The third-order valence-electron chi connectivity index (χ3n) is 2.25. The molecule has 1 aromatic carbocycles. The van der Waals surface area contributed by atoms with Crippen LogP contribution in [0.15, 0.2) is 30.3 Å². The Kier molecular flexibility index (Phi) is 11.2. The van der Waals surface area contributed by atoms with E-state index in [4.69, 9.17) is 0 Å². The van der Waals surface area contributed by atoms with Gasteiger partial charge in [-0.1, -0.05) is 78.8 Å². The van der Waals surface area contributed by atoms with Crippen LogP contribution in [0, 0.1) is 5.41 Å². The molecule has 1 amide bonds. The molecule has 0 saturated heterocycles. The molecule has 0 N–H and O–H groups in total. The first-order valence-electron chi connectivity index (χ1n) is 7.21. The van der Waals surface area contributed by atoms with Gasteiger partial charge in [-0.15, -0.1) is 0 Å². The lowest BCUT2D eigenvalue weighted by molar-refractivity contribution is -0.138. The zero-order chi connectivity index (χ0) is 15.5. The van der Waals surface area contributed by atoms with E-state index in [2.05, 4.69) is 0 Å². The third kappa shape index (κ3) is 8.41. The normalized spacial score (nSPS) is 9.47. The summed E-state index contributed by atoms with van der Waals surface area (Å²) in [6.07, 6.45) is 0. The third-order valence-corrected chi connectivity index (χ3v) is 2.25. The molecule has 2 heteroatoms. The predicted octanol–water partition coefficient (Wildman–Crippen LogP) is 4.74. The lowest BCUT2D eigenvalue weighted by Gasteiger charge is -2.26. The molecule has 0 unspecified atom stereocenters. The summed E-state index contributed by atoms with van der Waals surface area (Å²) in [4.78, 5) is 13.7. The molecule has 2 nitrogen and oxygen atoms in total. The first-order chi connectivity index (χ1) is 8.91. The number of rotatable bonds is 2. The minimum atomic E-state index is -0.302. The topological polar surface area (TPSA) is 20.3 Å². The molecule has 0 fully saturated rings. The van der Waals surface area contributed by atoms with Crippen LogP contribution in [-0.2, 0) is 11.3 Å². The molecule has 0 atom stereocenters. The lowest BCUT2D eigenvalue weighted by Crippen LogP contribution is -2.36. The van der Waals surface area contributed by atoms with Crippen LogP contribution in [0.5, 0.6) is 0 Å². The lowest BCUT2D eigenvalue weighted by atomic mass is 9.95. The quantitative estimate of drug-likeness (QED) is 0.756. The summed E-state index contributed by atoms with van der Waals surface area (Å²) in [5, 5.41) is 0. The minimum absolute atomic E-state index is 0.173. The van der Waals surface area contributed by atoms with Gasteiger partial charge < -0.3 is 4.90 Å². The average molecular weight is 265 g/mol. The van der Waals surface area contributed by atoms with E-state index in [1.54, 1.807) is 4.90 Å². The maximum atomic E-state index is 11.9. The van der Waals surface area contributed by atoms with Crippen LogP contribution >= 0.6 is 0 Å². The first-order valence-corrected chi connectivity index (χ1v) is 7.21. The zero-order valence-electron chi connectivity index (χ0n) is 13.9. The summed E-state index contributed by atoms with van der Waals surface area (Å²) in [5.74, 6) is 0.173. The van der Waals surface area contributed by atoms with E-state index in [1.165, 1.54) is 0 Å². The molecule has 0 spiro atoms. The van der Waals surface area contributed by atoms with Crippen molar-refractivity contribution in [3.63, 3.8) is 0 Å². The van der Waals surface area contributed by atoms with Gasteiger partial charge in [-0.05, 0) is 5.56 Å². The smallest absolute Gasteiger partial charge is 0.227 e. The molecule has 1 aromatic rings. The number of nitrogens with zero attached hydrogens (tertiary/aromatic N) is 1. The Morgan fingerprint density at radius 1 is 1.00 bits per heavy atom. The van der Waals surface area contributed by atoms with Gasteiger partial charge in [0.25, 0.3) is 0 Å². The zero-order valence-corrected chi connectivity index (χ0v) is 13.9. The second kappa shape index (κ2) is 10.6. The minimum Gasteiger partial charge on any atom is -0.341 e. The van der Waals surface area contributed by atoms with Crippen LogP contribution in [0.3, 0.4) is 0 Å². The molecule has 0 radical (unpaired) electrons. The van der Waals surface area contributed by atoms with E-state index in [0.29, 0.717) is 6.54 Å². The summed E-state index contributed by atoms with van der Waals surface area (Å²) in [7, 11) is 1.85. The molecule has 19 heavy (non-hydrogen) atoms. The SMILES string of the molecule is CC.CC.CN(Cc1ccccc1)C(=O)C(C)(C)C. The van der Waals surface area contributed by atoms with E-state index in [-0.39, 0.29) is 11.3 Å². The Bertz CT molecular complexity index is 325. The van der Waals surface area contributed by atoms with Crippen LogP contribution < -0.4 is 0 Å². The van der Waals surface area contributed by atoms with Gasteiger partial charge in [0.2, 0.25) is 5.91 Å². The van der Waals surface area contributed by atoms with Crippen molar-refractivity contribution in [1.82, 2.24) is 4.90 Å². The summed E-state index contributed by atoms with van der Waals surface area (Å²) in [6, 6.07) is 10.0. The fraction of sp³-hybridized carbons (Fsp3) is 0.588. The highest BCUT2D eigenvalue weighted by Gasteiger charge is 2.24. The van der Waals surface area contributed by atoms with E-state index < -0.39 is 0 Å². The van der Waals surface area contributed by atoms with Gasteiger partial charge in [0.15, 0.2) is 0 Å². The molecule has 0 aliphatic carbocycles. The second-order valence-corrected chi connectivity index (χ2v) is 4.90. The van der Waals surface area contributed by atoms with Gasteiger partial charge in [-0.25, -0.2) is 0 Å². The van der Waals surface area contributed by atoms with Crippen molar-refractivity contribution in [2.45, 2.75) is 55.0 Å². The summed E-state index contributed by atoms with van der Waals surface area (Å²) in [6.45, 7) is 14.5. The van der Waals surface area contributed by atoms with E-state index >= 15 is 0 Å². The number of benzene rings is 1. The highest BCUT2D eigenvalue weighted by molar-refractivity contribution is 5.81. The summed E-state index contributed by atoms with van der Waals surface area (Å²) < 4.78 is 0. The molecule has 0 heterocycles. The number of carbonyl (C=O) groups is 1. The molecule has 0 saturated carbocycles. The molecular formula is C17H31NO. The van der Waals surface area contributed by atoms with E-state index in [0.717, 1.165) is 5.56 Å². The highest BCUT2D eigenvalue weighted by Crippen LogP contribution is 2.17. The van der Waals surface area contributed by atoms with E-state index in [9.17, 15) is 4.79 Å². The number of hydrogen-bond donors (Lipinski definition) is 0. The summed E-state index contributed by atoms with van der Waals surface area (Å²) >= 11 is 0. The van der Waals surface area contributed by atoms with Crippen molar-refractivity contribution in [1.29, 1.82) is 0 Å². The second-order valence-electron chi connectivity index (χ2n) is 4.90. The van der Waals surface area contributed by atoms with Crippen LogP contribution in [0.25, 0.3) is 0 Å². The van der Waals surface area contributed by atoms with Crippen LogP contribution in [0.2, 0.25) is 0 Å². The molecule has 0 aliphatic rings. The van der Waals surface area contributed by atoms with Crippen LogP contribution in [0.1, 0.15) is 54.0 Å². The Hall–Kier alpha value is -1.31. The fourth-order valence-corrected chi connectivity index (χ4v) is 1.50. The van der Waals surface area contributed by atoms with Gasteiger partial charge >= 0.3 is 0 Å². The maximum Gasteiger partial charge on any atom is 0.227 e. The maximum absolute atomic E-state index is 11.9. The van der Waals surface area contributed by atoms with Crippen molar-refractivity contribution in [3.05, 3.63) is 35.9 Å². The largest absolute Gasteiger partial charge is 0.341 e. The monoisotopic (exact) mass is 265 g/mol. The molecule has 0 aliphatic heterocycles. The Balaban J connectivity index is 0. The molecular weight excluding hydrogens is 234 g/mol. The standard InChI is InChI=1S/C13H19NO.2C2H6/c1-13(2,3)12(15)14(4)10-11-8-6-5-7-9-11;2*1-2/h5-9H,10H2,1-4H3;2*1-2H3. The van der Waals surface area contributed by atoms with Crippen molar-refractivity contribution in [2.75, 3.05) is 7.05 Å². The van der Waals surface area contributed by atoms with Crippen molar-refractivity contribution >= 4 is 5.91 Å². The number of hydrogen-bond acceptors (Lipinski definition) is 1. The van der Waals surface area contributed by atoms with Gasteiger partial charge in [0.1, 0.15) is 0 Å². The molecule has 0 bridgehead atoms. The van der Waals surface area contributed by atoms with Gasteiger partial charge in [-0.2, -0.15) is 0 Å². The van der Waals surface area contributed by atoms with Crippen molar-refractivity contribution < 1.29 is 4.79 Å². The van der Waals surface area contributed by atoms with Crippen LogP contribution in [-0.4, -0.2) is 17.9 Å². The average Bonchev–Trinajstić information content (AvgIpc) is 2.42. The van der Waals surface area contributed by atoms with Gasteiger partial charge in [0.05, 0.1) is 0 Å². The van der Waals surface area contributed by atoms with Gasteiger partial charge in [0, 0.05) is 19.0 Å². The predicted molar refractivity (Wildman–Crippen MR) is 85.1 cm³/mol. The molecule has 110 valence electrons. The van der Waals surface area contributed by atoms with Crippen molar-refractivity contribution in [2.24, 2.45) is 5.41 Å². The molecule has 1 rings (SSSR count). The van der Waals surface area contributed by atoms with Crippen molar-refractivity contribution in [3.8, 4) is 0 Å². The first kappa shape index (κ1) is 20.0. The summed E-state index contributed by atoms with van der Waals surface area (Å²) in [5.41, 5.74) is 0.862. The Morgan fingerprint density at radius 3 is 1.79 bits per heavy atom.